The minimum Gasteiger partial charge on any atom is -0.334 e. The van der Waals surface area contributed by atoms with Crippen molar-refractivity contribution >= 4 is 5.91 Å². The molecule has 1 amide bonds. The molecule has 0 radical (unpaired) electrons. The van der Waals surface area contributed by atoms with Crippen molar-refractivity contribution < 1.29 is 4.79 Å². The SMILES string of the molecule is CCN(Cc1ccccc1)C(=O)c1cncnc1C. The van der Waals surface area contributed by atoms with Crippen molar-refractivity contribution in [2.45, 2.75) is 20.4 Å². The molecule has 1 heterocycles. The van der Waals surface area contributed by atoms with E-state index >= 15 is 0 Å². The van der Waals surface area contributed by atoms with Gasteiger partial charge < -0.3 is 4.90 Å². The van der Waals surface area contributed by atoms with Crippen LogP contribution in [-0.4, -0.2) is 27.3 Å². The Balaban J connectivity index is 2.18. The first kappa shape index (κ1) is 13.2. The van der Waals surface area contributed by atoms with Crippen molar-refractivity contribution in [3.05, 3.63) is 59.7 Å². The second-order valence-electron chi connectivity index (χ2n) is 4.33. The maximum absolute atomic E-state index is 12.4. The number of hydrogen-bond acceptors (Lipinski definition) is 3. The molecule has 2 rings (SSSR count). The molecule has 0 spiro atoms. The average molecular weight is 255 g/mol. The molecular weight excluding hydrogens is 238 g/mol. The van der Waals surface area contributed by atoms with Crippen molar-refractivity contribution in [1.82, 2.24) is 14.9 Å². The van der Waals surface area contributed by atoms with Crippen LogP contribution in [0, 0.1) is 6.92 Å². The number of carbonyl (C=O) groups is 1. The number of rotatable bonds is 4. The normalized spacial score (nSPS) is 10.2. The van der Waals surface area contributed by atoms with E-state index in [4.69, 9.17) is 0 Å². The molecule has 0 bridgehead atoms. The first-order valence-corrected chi connectivity index (χ1v) is 6.32. The Labute approximate surface area is 113 Å². The number of nitrogens with zero attached hydrogens (tertiary/aromatic N) is 3. The molecule has 0 aliphatic rings. The first-order chi connectivity index (χ1) is 9.22. The molecular formula is C15H17N3O. The lowest BCUT2D eigenvalue weighted by atomic mass is 10.1. The van der Waals surface area contributed by atoms with E-state index in [1.165, 1.54) is 6.33 Å². The molecule has 0 aliphatic carbocycles. The zero-order chi connectivity index (χ0) is 13.7. The molecule has 0 saturated heterocycles. The third-order valence-corrected chi connectivity index (χ3v) is 3.03. The summed E-state index contributed by atoms with van der Waals surface area (Å²) in [6.45, 7) is 5.05. The van der Waals surface area contributed by atoms with E-state index in [1.54, 1.807) is 11.1 Å². The second-order valence-corrected chi connectivity index (χ2v) is 4.33. The minimum absolute atomic E-state index is 0.0237. The van der Waals surface area contributed by atoms with E-state index in [2.05, 4.69) is 9.97 Å². The number of amides is 1. The van der Waals surface area contributed by atoms with Gasteiger partial charge in [0, 0.05) is 19.3 Å². The van der Waals surface area contributed by atoms with Gasteiger partial charge in [0.15, 0.2) is 0 Å². The Hall–Kier alpha value is -2.23. The number of aromatic nitrogens is 2. The average Bonchev–Trinajstić information content (AvgIpc) is 2.46. The topological polar surface area (TPSA) is 46.1 Å². The van der Waals surface area contributed by atoms with Crippen LogP contribution < -0.4 is 0 Å². The maximum Gasteiger partial charge on any atom is 0.257 e. The van der Waals surface area contributed by atoms with Crippen molar-refractivity contribution in [3.63, 3.8) is 0 Å². The summed E-state index contributed by atoms with van der Waals surface area (Å²) >= 11 is 0. The molecule has 2 aromatic rings. The molecule has 0 atom stereocenters. The quantitative estimate of drug-likeness (QED) is 0.843. The summed E-state index contributed by atoms with van der Waals surface area (Å²) in [5, 5.41) is 0. The van der Waals surface area contributed by atoms with Crippen LogP contribution in [0.3, 0.4) is 0 Å². The highest BCUT2D eigenvalue weighted by molar-refractivity contribution is 5.94. The van der Waals surface area contributed by atoms with Crippen LogP contribution in [0.1, 0.15) is 28.5 Å². The van der Waals surface area contributed by atoms with Gasteiger partial charge in [0.05, 0.1) is 11.3 Å². The lowest BCUT2D eigenvalue weighted by Crippen LogP contribution is -2.31. The molecule has 19 heavy (non-hydrogen) atoms. The van der Waals surface area contributed by atoms with Gasteiger partial charge in [-0.2, -0.15) is 0 Å². The molecule has 0 unspecified atom stereocenters. The molecule has 1 aromatic carbocycles. The van der Waals surface area contributed by atoms with Gasteiger partial charge in [-0.1, -0.05) is 30.3 Å². The highest BCUT2D eigenvalue weighted by Gasteiger charge is 2.17. The van der Waals surface area contributed by atoms with Crippen molar-refractivity contribution in [2.75, 3.05) is 6.54 Å². The van der Waals surface area contributed by atoms with Gasteiger partial charge in [-0.25, -0.2) is 9.97 Å². The number of aryl methyl sites for hydroxylation is 1. The summed E-state index contributed by atoms with van der Waals surface area (Å²) in [6, 6.07) is 9.96. The monoisotopic (exact) mass is 255 g/mol. The second kappa shape index (κ2) is 6.09. The predicted molar refractivity (Wildman–Crippen MR) is 73.6 cm³/mol. The van der Waals surface area contributed by atoms with Crippen molar-refractivity contribution in [3.8, 4) is 0 Å². The fraction of sp³-hybridized carbons (Fsp3) is 0.267. The van der Waals surface area contributed by atoms with Gasteiger partial charge >= 0.3 is 0 Å². The summed E-state index contributed by atoms with van der Waals surface area (Å²) in [5.74, 6) is -0.0237. The Kier molecular flexibility index (Phi) is 4.23. The van der Waals surface area contributed by atoms with E-state index in [9.17, 15) is 4.79 Å². The summed E-state index contributed by atoms with van der Waals surface area (Å²) in [6.07, 6.45) is 3.04. The molecule has 98 valence electrons. The van der Waals surface area contributed by atoms with Crippen LogP contribution in [0.15, 0.2) is 42.9 Å². The van der Waals surface area contributed by atoms with E-state index in [0.717, 1.165) is 5.56 Å². The van der Waals surface area contributed by atoms with Gasteiger partial charge in [-0.3, -0.25) is 4.79 Å². The highest BCUT2D eigenvalue weighted by Crippen LogP contribution is 2.11. The zero-order valence-corrected chi connectivity index (χ0v) is 11.2. The molecule has 0 fully saturated rings. The zero-order valence-electron chi connectivity index (χ0n) is 11.2. The van der Waals surface area contributed by atoms with Crippen LogP contribution in [-0.2, 0) is 6.54 Å². The summed E-state index contributed by atoms with van der Waals surface area (Å²) in [4.78, 5) is 22.2. The standard InChI is InChI=1S/C15H17N3O/c1-3-18(10-13-7-5-4-6-8-13)15(19)14-9-16-11-17-12(14)2/h4-9,11H,3,10H2,1-2H3. The third-order valence-electron chi connectivity index (χ3n) is 3.03. The predicted octanol–water partition coefficient (Wildman–Crippen LogP) is 2.45. The van der Waals surface area contributed by atoms with Gasteiger partial charge in [-0.15, -0.1) is 0 Å². The summed E-state index contributed by atoms with van der Waals surface area (Å²) in [5.41, 5.74) is 2.40. The van der Waals surface area contributed by atoms with E-state index < -0.39 is 0 Å². The molecule has 0 N–H and O–H groups in total. The third kappa shape index (κ3) is 3.16. The van der Waals surface area contributed by atoms with Gasteiger partial charge in [-0.05, 0) is 19.4 Å². The first-order valence-electron chi connectivity index (χ1n) is 6.32. The van der Waals surface area contributed by atoms with E-state index in [-0.39, 0.29) is 5.91 Å². The summed E-state index contributed by atoms with van der Waals surface area (Å²) in [7, 11) is 0. The van der Waals surface area contributed by atoms with Gasteiger partial charge in [0.2, 0.25) is 0 Å². The number of benzene rings is 1. The Morgan fingerprint density at radius 3 is 2.63 bits per heavy atom. The number of hydrogen-bond donors (Lipinski definition) is 0. The fourth-order valence-electron chi connectivity index (χ4n) is 1.90. The number of carbonyl (C=O) groups excluding carboxylic acids is 1. The largest absolute Gasteiger partial charge is 0.334 e. The lowest BCUT2D eigenvalue weighted by Gasteiger charge is -2.21. The Morgan fingerprint density at radius 2 is 2.00 bits per heavy atom. The van der Waals surface area contributed by atoms with E-state index in [1.807, 2.05) is 44.2 Å². The van der Waals surface area contributed by atoms with Crippen molar-refractivity contribution in [1.29, 1.82) is 0 Å². The molecule has 4 nitrogen and oxygen atoms in total. The van der Waals surface area contributed by atoms with Gasteiger partial charge in [0.25, 0.3) is 5.91 Å². The van der Waals surface area contributed by atoms with E-state index in [0.29, 0.717) is 24.3 Å². The lowest BCUT2D eigenvalue weighted by molar-refractivity contribution is 0.0751. The molecule has 4 heteroatoms. The summed E-state index contributed by atoms with van der Waals surface area (Å²) < 4.78 is 0. The van der Waals surface area contributed by atoms with Crippen LogP contribution in [0.4, 0.5) is 0 Å². The fourth-order valence-corrected chi connectivity index (χ4v) is 1.90. The van der Waals surface area contributed by atoms with Gasteiger partial charge in [0.1, 0.15) is 6.33 Å². The minimum atomic E-state index is -0.0237. The molecule has 0 saturated carbocycles. The van der Waals surface area contributed by atoms with Crippen molar-refractivity contribution in [2.24, 2.45) is 0 Å². The Morgan fingerprint density at radius 1 is 1.26 bits per heavy atom. The smallest absolute Gasteiger partial charge is 0.257 e. The van der Waals surface area contributed by atoms with Crippen LogP contribution >= 0.6 is 0 Å². The van der Waals surface area contributed by atoms with Crippen LogP contribution in [0.5, 0.6) is 0 Å². The highest BCUT2D eigenvalue weighted by atomic mass is 16.2. The Bertz CT molecular complexity index is 554. The molecule has 0 aliphatic heterocycles. The van der Waals surface area contributed by atoms with Crippen LogP contribution in [0.2, 0.25) is 0 Å². The van der Waals surface area contributed by atoms with Crippen LogP contribution in [0.25, 0.3) is 0 Å². The molecule has 1 aromatic heterocycles. The maximum atomic E-state index is 12.4.